The Morgan fingerprint density at radius 3 is 2.71 bits per heavy atom. The molecule has 4 heteroatoms. The first-order valence-corrected chi connectivity index (χ1v) is 6.16. The number of unbranched alkanes of at least 4 members (excludes halogenated alkanes) is 1. The van der Waals surface area contributed by atoms with Crippen LogP contribution in [-0.4, -0.2) is 18.5 Å². The molecule has 96 valence electrons. The third-order valence-electron chi connectivity index (χ3n) is 2.77. The van der Waals surface area contributed by atoms with Crippen molar-refractivity contribution in [3.8, 4) is 0 Å². The van der Waals surface area contributed by atoms with Gasteiger partial charge in [0, 0.05) is 18.2 Å². The number of rotatable bonds is 6. The molecule has 1 aromatic rings. The van der Waals surface area contributed by atoms with Crippen LogP contribution in [0.5, 0.6) is 0 Å². The van der Waals surface area contributed by atoms with Gasteiger partial charge in [-0.15, -0.1) is 0 Å². The van der Waals surface area contributed by atoms with E-state index in [-0.39, 0.29) is 11.9 Å². The van der Waals surface area contributed by atoms with Crippen molar-refractivity contribution in [1.82, 2.24) is 5.32 Å². The summed E-state index contributed by atoms with van der Waals surface area (Å²) in [5, 5.41) is 2.91. The monoisotopic (exact) mass is 238 g/mol. The molecular formula is C13H22N2O2. The van der Waals surface area contributed by atoms with Crippen molar-refractivity contribution in [3.63, 3.8) is 0 Å². The molecule has 17 heavy (non-hydrogen) atoms. The summed E-state index contributed by atoms with van der Waals surface area (Å²) in [6, 6.07) is 1.89. The largest absolute Gasteiger partial charge is 0.456 e. The standard InChI is InChI=1S/C13H22N2O2/c1-4-5-6-11(8-14)15-13(16)12-9(2)7-10(3)17-12/h7,11H,4-6,8,14H2,1-3H3,(H,15,16). The lowest BCUT2D eigenvalue weighted by atomic mass is 10.1. The first-order valence-electron chi connectivity index (χ1n) is 6.16. The maximum absolute atomic E-state index is 12.0. The Kier molecular flexibility index (Phi) is 5.22. The van der Waals surface area contributed by atoms with Crippen LogP contribution in [0.2, 0.25) is 0 Å². The minimum atomic E-state index is -0.165. The van der Waals surface area contributed by atoms with Gasteiger partial charge in [-0.3, -0.25) is 4.79 Å². The number of carbonyl (C=O) groups is 1. The highest BCUT2D eigenvalue weighted by Crippen LogP contribution is 2.13. The molecule has 0 fully saturated rings. The fourth-order valence-corrected chi connectivity index (χ4v) is 1.82. The highest BCUT2D eigenvalue weighted by Gasteiger charge is 2.17. The molecule has 0 radical (unpaired) electrons. The Balaban J connectivity index is 2.61. The fourth-order valence-electron chi connectivity index (χ4n) is 1.82. The van der Waals surface area contributed by atoms with Crippen LogP contribution in [0.25, 0.3) is 0 Å². The summed E-state index contributed by atoms with van der Waals surface area (Å²) in [6.07, 6.45) is 3.08. The maximum atomic E-state index is 12.0. The highest BCUT2D eigenvalue weighted by molar-refractivity contribution is 5.93. The van der Waals surface area contributed by atoms with Crippen LogP contribution >= 0.6 is 0 Å². The molecular weight excluding hydrogens is 216 g/mol. The molecule has 0 saturated heterocycles. The van der Waals surface area contributed by atoms with Crippen LogP contribution in [0.1, 0.15) is 48.1 Å². The molecule has 3 N–H and O–H groups in total. The minimum absolute atomic E-state index is 0.0345. The summed E-state index contributed by atoms with van der Waals surface area (Å²) in [6.45, 7) is 6.29. The molecule has 1 amide bonds. The molecule has 1 unspecified atom stereocenters. The zero-order valence-electron chi connectivity index (χ0n) is 10.9. The van der Waals surface area contributed by atoms with Crippen molar-refractivity contribution in [2.24, 2.45) is 5.73 Å². The van der Waals surface area contributed by atoms with Crippen molar-refractivity contribution in [3.05, 3.63) is 23.2 Å². The molecule has 1 rings (SSSR count). The summed E-state index contributed by atoms with van der Waals surface area (Å²) in [5.41, 5.74) is 6.50. The zero-order chi connectivity index (χ0) is 12.8. The van der Waals surface area contributed by atoms with Gasteiger partial charge in [-0.1, -0.05) is 19.8 Å². The number of hydrogen-bond acceptors (Lipinski definition) is 3. The van der Waals surface area contributed by atoms with Gasteiger partial charge in [-0.2, -0.15) is 0 Å². The number of hydrogen-bond donors (Lipinski definition) is 2. The summed E-state index contributed by atoms with van der Waals surface area (Å²) >= 11 is 0. The van der Waals surface area contributed by atoms with E-state index < -0.39 is 0 Å². The average molecular weight is 238 g/mol. The maximum Gasteiger partial charge on any atom is 0.287 e. The van der Waals surface area contributed by atoms with Crippen LogP contribution in [0.15, 0.2) is 10.5 Å². The molecule has 0 aliphatic rings. The highest BCUT2D eigenvalue weighted by atomic mass is 16.3. The normalized spacial score (nSPS) is 12.5. The van der Waals surface area contributed by atoms with Crippen molar-refractivity contribution < 1.29 is 9.21 Å². The van der Waals surface area contributed by atoms with E-state index in [1.54, 1.807) is 0 Å². The molecule has 0 saturated carbocycles. The van der Waals surface area contributed by atoms with Gasteiger partial charge in [-0.05, 0) is 26.3 Å². The number of nitrogens with two attached hydrogens (primary N) is 1. The van der Waals surface area contributed by atoms with Crippen molar-refractivity contribution >= 4 is 5.91 Å². The van der Waals surface area contributed by atoms with E-state index in [0.29, 0.717) is 12.3 Å². The second-order valence-corrected chi connectivity index (χ2v) is 4.42. The van der Waals surface area contributed by atoms with Crippen LogP contribution in [0.4, 0.5) is 0 Å². The molecule has 1 aromatic heterocycles. The van der Waals surface area contributed by atoms with E-state index in [1.807, 2.05) is 19.9 Å². The Morgan fingerprint density at radius 1 is 1.53 bits per heavy atom. The summed E-state index contributed by atoms with van der Waals surface area (Å²) in [5.74, 6) is 0.991. The second-order valence-electron chi connectivity index (χ2n) is 4.42. The van der Waals surface area contributed by atoms with E-state index in [4.69, 9.17) is 10.2 Å². The lowest BCUT2D eigenvalue weighted by Crippen LogP contribution is -2.40. The minimum Gasteiger partial charge on any atom is -0.456 e. The molecule has 0 aliphatic carbocycles. The Morgan fingerprint density at radius 2 is 2.24 bits per heavy atom. The second kappa shape index (κ2) is 6.45. The topological polar surface area (TPSA) is 68.3 Å². The molecule has 0 aromatic carbocycles. The third kappa shape index (κ3) is 3.89. The third-order valence-corrected chi connectivity index (χ3v) is 2.77. The predicted molar refractivity (Wildman–Crippen MR) is 68.0 cm³/mol. The Bertz CT molecular complexity index is 371. The van der Waals surface area contributed by atoms with Crippen LogP contribution in [-0.2, 0) is 0 Å². The Labute approximate surface area is 103 Å². The van der Waals surface area contributed by atoms with E-state index in [2.05, 4.69) is 12.2 Å². The van der Waals surface area contributed by atoms with Gasteiger partial charge in [-0.25, -0.2) is 0 Å². The van der Waals surface area contributed by atoms with Gasteiger partial charge >= 0.3 is 0 Å². The summed E-state index contributed by atoms with van der Waals surface area (Å²) < 4.78 is 5.37. The summed E-state index contributed by atoms with van der Waals surface area (Å²) in [7, 11) is 0. The van der Waals surface area contributed by atoms with Gasteiger partial charge in [0.05, 0.1) is 0 Å². The number of nitrogens with one attached hydrogen (secondary N) is 1. The smallest absolute Gasteiger partial charge is 0.287 e. The van der Waals surface area contributed by atoms with Crippen LogP contribution in [0.3, 0.4) is 0 Å². The molecule has 1 atom stereocenters. The molecule has 0 aliphatic heterocycles. The van der Waals surface area contributed by atoms with Crippen molar-refractivity contribution in [2.45, 2.75) is 46.1 Å². The summed E-state index contributed by atoms with van der Waals surface area (Å²) in [4.78, 5) is 12.0. The van der Waals surface area contributed by atoms with E-state index in [9.17, 15) is 4.79 Å². The van der Waals surface area contributed by atoms with Gasteiger partial charge in [0.15, 0.2) is 5.76 Å². The lowest BCUT2D eigenvalue weighted by Gasteiger charge is -2.15. The first kappa shape index (κ1) is 13.8. The molecule has 1 heterocycles. The van der Waals surface area contributed by atoms with E-state index >= 15 is 0 Å². The number of aryl methyl sites for hydroxylation is 2. The number of furan rings is 1. The Hall–Kier alpha value is -1.29. The number of amides is 1. The average Bonchev–Trinajstić information content (AvgIpc) is 2.63. The molecule has 0 bridgehead atoms. The molecule has 0 spiro atoms. The quantitative estimate of drug-likeness (QED) is 0.797. The fraction of sp³-hybridized carbons (Fsp3) is 0.615. The van der Waals surface area contributed by atoms with Crippen LogP contribution in [0, 0.1) is 13.8 Å². The lowest BCUT2D eigenvalue weighted by molar-refractivity contribution is 0.0905. The van der Waals surface area contributed by atoms with Gasteiger partial charge in [0.1, 0.15) is 5.76 Å². The van der Waals surface area contributed by atoms with Crippen molar-refractivity contribution in [1.29, 1.82) is 0 Å². The van der Waals surface area contributed by atoms with Gasteiger partial charge in [0.2, 0.25) is 0 Å². The van der Waals surface area contributed by atoms with E-state index in [1.165, 1.54) is 0 Å². The molecule has 4 nitrogen and oxygen atoms in total. The van der Waals surface area contributed by atoms with E-state index in [0.717, 1.165) is 30.6 Å². The van der Waals surface area contributed by atoms with Crippen LogP contribution < -0.4 is 11.1 Å². The van der Waals surface area contributed by atoms with Gasteiger partial charge in [0.25, 0.3) is 5.91 Å². The SMILES string of the molecule is CCCCC(CN)NC(=O)c1oc(C)cc1C. The predicted octanol–water partition coefficient (Wildman–Crippen LogP) is 2.14. The number of carbonyl (C=O) groups excluding carboxylic acids is 1. The first-order chi connectivity index (χ1) is 8.08. The van der Waals surface area contributed by atoms with Crippen molar-refractivity contribution in [2.75, 3.05) is 6.54 Å². The zero-order valence-corrected chi connectivity index (χ0v) is 10.9. The van der Waals surface area contributed by atoms with Gasteiger partial charge < -0.3 is 15.5 Å².